The molecule has 5 heteroatoms. The average molecular weight is 265 g/mol. The Morgan fingerprint density at radius 2 is 2.00 bits per heavy atom. The Morgan fingerprint density at radius 1 is 1.33 bits per heavy atom. The Hall–Kier alpha value is -1.81. The van der Waals surface area contributed by atoms with E-state index in [1.165, 1.54) is 12.6 Å². The molecular weight excluding hydrogens is 252 g/mol. The summed E-state index contributed by atoms with van der Waals surface area (Å²) in [5.74, 6) is -0.512. The molecule has 1 heterocycles. The summed E-state index contributed by atoms with van der Waals surface area (Å²) >= 11 is 5.57. The number of benzene rings is 1. The second-order valence-electron chi connectivity index (χ2n) is 4.24. The molecule has 4 nitrogen and oxygen atoms in total. The van der Waals surface area contributed by atoms with Crippen molar-refractivity contribution in [2.45, 2.75) is 6.92 Å². The predicted octanol–water partition coefficient (Wildman–Crippen LogP) is 2.47. The van der Waals surface area contributed by atoms with Gasteiger partial charge in [-0.25, -0.2) is 0 Å². The highest BCUT2D eigenvalue weighted by atomic mass is 35.5. The maximum Gasteiger partial charge on any atom is 0.261 e. The van der Waals surface area contributed by atoms with Gasteiger partial charge in [0.05, 0.1) is 11.1 Å². The lowest BCUT2D eigenvalue weighted by Crippen LogP contribution is -2.24. The Bertz CT molecular complexity index is 552. The normalized spacial score (nSPS) is 15.1. The molecule has 0 radical (unpaired) electrons. The number of nitrogens with one attached hydrogen (secondary N) is 1. The van der Waals surface area contributed by atoms with Gasteiger partial charge < -0.3 is 5.32 Å². The fourth-order valence-corrected chi connectivity index (χ4v) is 1.83. The minimum absolute atomic E-state index is 0.251. The first kappa shape index (κ1) is 12.6. The van der Waals surface area contributed by atoms with Crippen molar-refractivity contribution in [1.29, 1.82) is 0 Å². The van der Waals surface area contributed by atoms with Crippen molar-refractivity contribution in [3.63, 3.8) is 0 Å². The number of imide groups is 1. The summed E-state index contributed by atoms with van der Waals surface area (Å²) in [4.78, 5) is 24.6. The first-order valence-corrected chi connectivity index (χ1v) is 5.94. The van der Waals surface area contributed by atoms with E-state index in [0.717, 1.165) is 16.2 Å². The first-order valence-electron chi connectivity index (χ1n) is 5.50. The smallest absolute Gasteiger partial charge is 0.261 e. The molecule has 94 valence electrons. The van der Waals surface area contributed by atoms with Gasteiger partial charge in [-0.05, 0) is 30.7 Å². The second kappa shape index (κ2) is 4.82. The molecule has 1 aromatic carbocycles. The highest BCUT2D eigenvalue weighted by Crippen LogP contribution is 2.24. The molecule has 1 aromatic rings. The maximum absolute atomic E-state index is 11.8. The quantitative estimate of drug-likeness (QED) is 0.854. The molecule has 0 saturated carbocycles. The largest absolute Gasteiger partial charge is 0.381 e. The standard InChI is InChI=1S/C13H13ClN2O2/c1-8(6-14)7-15-9-3-4-10-11(5-9)13(18)16(2)12(10)17/h3-6,15H,7H2,1-2H3/b8-6+. The summed E-state index contributed by atoms with van der Waals surface area (Å²) in [5, 5.41) is 3.14. The van der Waals surface area contributed by atoms with Crippen LogP contribution in [-0.4, -0.2) is 30.3 Å². The van der Waals surface area contributed by atoms with E-state index < -0.39 is 0 Å². The molecule has 0 fully saturated rings. The van der Waals surface area contributed by atoms with E-state index in [1.807, 2.05) is 6.92 Å². The van der Waals surface area contributed by atoms with Gasteiger partial charge in [0.1, 0.15) is 0 Å². The fraction of sp³-hybridized carbons (Fsp3) is 0.231. The van der Waals surface area contributed by atoms with E-state index in [4.69, 9.17) is 11.6 Å². The number of nitrogens with zero attached hydrogens (tertiary/aromatic N) is 1. The molecular formula is C13H13ClN2O2. The molecule has 0 atom stereocenters. The number of rotatable bonds is 3. The summed E-state index contributed by atoms with van der Waals surface area (Å²) < 4.78 is 0. The lowest BCUT2D eigenvalue weighted by atomic mass is 10.1. The molecule has 0 aromatic heterocycles. The van der Waals surface area contributed by atoms with E-state index >= 15 is 0 Å². The van der Waals surface area contributed by atoms with Crippen molar-refractivity contribution in [3.8, 4) is 0 Å². The Labute approximate surface area is 110 Å². The molecule has 2 rings (SSSR count). The van der Waals surface area contributed by atoms with Crippen LogP contribution in [0.15, 0.2) is 29.3 Å². The van der Waals surface area contributed by atoms with Gasteiger partial charge in [-0.1, -0.05) is 11.6 Å². The van der Waals surface area contributed by atoms with Crippen molar-refractivity contribution in [2.75, 3.05) is 18.9 Å². The van der Waals surface area contributed by atoms with Crippen LogP contribution in [0, 0.1) is 0 Å². The summed E-state index contributed by atoms with van der Waals surface area (Å²) in [6.07, 6.45) is 0. The van der Waals surface area contributed by atoms with Gasteiger partial charge in [0, 0.05) is 24.8 Å². The van der Waals surface area contributed by atoms with E-state index in [1.54, 1.807) is 18.2 Å². The predicted molar refractivity (Wildman–Crippen MR) is 71.0 cm³/mol. The molecule has 0 aliphatic carbocycles. The van der Waals surface area contributed by atoms with Crippen LogP contribution in [0.1, 0.15) is 27.6 Å². The zero-order valence-corrected chi connectivity index (χ0v) is 10.9. The number of hydrogen-bond acceptors (Lipinski definition) is 3. The van der Waals surface area contributed by atoms with Crippen molar-refractivity contribution >= 4 is 29.1 Å². The van der Waals surface area contributed by atoms with Crippen LogP contribution in [0.5, 0.6) is 0 Å². The number of anilines is 1. The molecule has 1 aliphatic heterocycles. The van der Waals surface area contributed by atoms with E-state index in [0.29, 0.717) is 17.7 Å². The topological polar surface area (TPSA) is 49.4 Å². The van der Waals surface area contributed by atoms with Gasteiger partial charge in [0.15, 0.2) is 0 Å². The SMILES string of the molecule is C/C(=C\Cl)CNc1ccc2c(c1)C(=O)N(C)C2=O. The van der Waals surface area contributed by atoms with Crippen LogP contribution in [0.4, 0.5) is 5.69 Å². The summed E-state index contributed by atoms with van der Waals surface area (Å²) in [6.45, 7) is 2.50. The van der Waals surface area contributed by atoms with Gasteiger partial charge >= 0.3 is 0 Å². The second-order valence-corrected chi connectivity index (χ2v) is 4.46. The van der Waals surface area contributed by atoms with Crippen LogP contribution in [0.25, 0.3) is 0 Å². The Balaban J connectivity index is 2.24. The number of halogens is 1. The van der Waals surface area contributed by atoms with Crippen LogP contribution in [0.3, 0.4) is 0 Å². The van der Waals surface area contributed by atoms with Crippen LogP contribution in [-0.2, 0) is 0 Å². The summed E-state index contributed by atoms with van der Waals surface area (Å²) in [6, 6.07) is 5.15. The lowest BCUT2D eigenvalue weighted by Gasteiger charge is -2.06. The molecule has 0 spiro atoms. The van der Waals surface area contributed by atoms with Gasteiger partial charge in [-0.3, -0.25) is 14.5 Å². The lowest BCUT2D eigenvalue weighted by molar-refractivity contribution is 0.0693. The molecule has 0 saturated heterocycles. The van der Waals surface area contributed by atoms with E-state index in [9.17, 15) is 9.59 Å². The van der Waals surface area contributed by atoms with Crippen LogP contribution >= 0.6 is 11.6 Å². The minimum Gasteiger partial charge on any atom is -0.381 e. The first-order chi connectivity index (χ1) is 8.54. The molecule has 2 amide bonds. The summed E-state index contributed by atoms with van der Waals surface area (Å²) in [7, 11) is 1.48. The molecule has 18 heavy (non-hydrogen) atoms. The van der Waals surface area contributed by atoms with Crippen molar-refractivity contribution in [1.82, 2.24) is 4.90 Å². The third-order valence-electron chi connectivity index (χ3n) is 2.85. The third kappa shape index (κ3) is 2.11. The fourth-order valence-electron chi connectivity index (χ4n) is 1.75. The van der Waals surface area contributed by atoms with Gasteiger partial charge in [-0.15, -0.1) is 0 Å². The van der Waals surface area contributed by atoms with Crippen molar-refractivity contribution in [3.05, 3.63) is 40.4 Å². The Kier molecular flexibility index (Phi) is 3.39. The number of amides is 2. The number of carbonyl (C=O) groups is 2. The van der Waals surface area contributed by atoms with Gasteiger partial charge in [-0.2, -0.15) is 0 Å². The maximum atomic E-state index is 11.8. The zero-order chi connectivity index (χ0) is 13.3. The number of carbonyl (C=O) groups excluding carboxylic acids is 2. The van der Waals surface area contributed by atoms with Crippen molar-refractivity contribution < 1.29 is 9.59 Å². The molecule has 0 unspecified atom stereocenters. The summed E-state index contributed by atoms with van der Waals surface area (Å²) in [5.41, 5.74) is 4.18. The number of hydrogen-bond donors (Lipinski definition) is 1. The average Bonchev–Trinajstić information content (AvgIpc) is 2.61. The van der Waals surface area contributed by atoms with Gasteiger partial charge in [0.25, 0.3) is 11.8 Å². The van der Waals surface area contributed by atoms with Crippen molar-refractivity contribution in [2.24, 2.45) is 0 Å². The van der Waals surface area contributed by atoms with Crippen LogP contribution in [0.2, 0.25) is 0 Å². The molecule has 0 bridgehead atoms. The highest BCUT2D eigenvalue weighted by Gasteiger charge is 2.32. The zero-order valence-electron chi connectivity index (χ0n) is 10.2. The van der Waals surface area contributed by atoms with Crippen LogP contribution < -0.4 is 5.32 Å². The minimum atomic E-state index is -0.261. The van der Waals surface area contributed by atoms with E-state index in [2.05, 4.69) is 5.32 Å². The number of fused-ring (bicyclic) bond motifs is 1. The molecule has 1 aliphatic rings. The van der Waals surface area contributed by atoms with E-state index in [-0.39, 0.29) is 11.8 Å². The molecule has 1 N–H and O–H groups in total. The third-order valence-corrected chi connectivity index (χ3v) is 3.22. The van der Waals surface area contributed by atoms with Gasteiger partial charge in [0.2, 0.25) is 0 Å². The Morgan fingerprint density at radius 3 is 2.67 bits per heavy atom. The monoisotopic (exact) mass is 264 g/mol. The highest BCUT2D eigenvalue weighted by molar-refractivity contribution is 6.25.